The molecule has 124 valence electrons. The minimum absolute atomic E-state index is 0.0814. The van der Waals surface area contributed by atoms with Crippen molar-refractivity contribution in [2.75, 3.05) is 13.2 Å². The lowest BCUT2D eigenvalue weighted by atomic mass is 10.2. The Balaban J connectivity index is 1.83. The maximum atomic E-state index is 12.8. The van der Waals surface area contributed by atoms with Gasteiger partial charge in [0.05, 0.1) is 12.1 Å². The fourth-order valence-electron chi connectivity index (χ4n) is 1.83. The first kappa shape index (κ1) is 17.4. The van der Waals surface area contributed by atoms with Crippen LogP contribution >= 0.6 is 0 Å². The number of alkyl halides is 3. The lowest BCUT2D eigenvalue weighted by Gasteiger charge is -2.13. The van der Waals surface area contributed by atoms with Crippen molar-refractivity contribution in [3.8, 4) is 17.6 Å². The van der Waals surface area contributed by atoms with Crippen LogP contribution in [0.1, 0.15) is 11.1 Å². The zero-order valence-electron chi connectivity index (χ0n) is 12.6. The van der Waals surface area contributed by atoms with E-state index in [0.717, 1.165) is 11.6 Å². The summed E-state index contributed by atoms with van der Waals surface area (Å²) in [6.45, 7) is -0.432. The molecule has 0 unspecified atom stereocenters. The van der Waals surface area contributed by atoms with Crippen molar-refractivity contribution in [1.82, 2.24) is 5.32 Å². The largest absolute Gasteiger partial charge is 0.483 e. The second-order valence-corrected chi connectivity index (χ2v) is 4.73. The Labute approximate surface area is 137 Å². The van der Waals surface area contributed by atoms with Crippen LogP contribution in [0.5, 0.6) is 5.75 Å². The molecule has 0 saturated heterocycles. The van der Waals surface area contributed by atoms with Crippen molar-refractivity contribution in [3.63, 3.8) is 0 Å². The summed E-state index contributed by atoms with van der Waals surface area (Å²) in [5.41, 5.74) is -0.108. The van der Waals surface area contributed by atoms with Gasteiger partial charge >= 0.3 is 6.18 Å². The van der Waals surface area contributed by atoms with Crippen LogP contribution < -0.4 is 10.1 Å². The first-order chi connectivity index (χ1) is 11.5. The Hall–Kier alpha value is -2.94. The number of halogens is 3. The quantitative estimate of drug-likeness (QED) is 0.873. The Morgan fingerprint density at radius 1 is 1.04 bits per heavy atom. The van der Waals surface area contributed by atoms with Gasteiger partial charge in [0.15, 0.2) is 6.61 Å². The molecule has 3 nitrogen and oxygen atoms in total. The van der Waals surface area contributed by atoms with Crippen LogP contribution in [0, 0.1) is 11.8 Å². The Morgan fingerprint density at radius 2 is 1.71 bits per heavy atom. The molecule has 0 aliphatic heterocycles. The number of ether oxygens (including phenoxy) is 1. The van der Waals surface area contributed by atoms with Crippen LogP contribution in [0.4, 0.5) is 13.2 Å². The van der Waals surface area contributed by atoms with Gasteiger partial charge in [0.1, 0.15) is 5.75 Å². The fourth-order valence-corrected chi connectivity index (χ4v) is 1.83. The van der Waals surface area contributed by atoms with E-state index >= 15 is 0 Å². The monoisotopic (exact) mass is 333 g/mol. The number of carbonyl (C=O) groups excluding carboxylic acids is 1. The topological polar surface area (TPSA) is 38.3 Å². The van der Waals surface area contributed by atoms with Crippen LogP contribution in [0.2, 0.25) is 0 Å². The fraction of sp³-hybridized carbons (Fsp3) is 0.167. The molecule has 0 aromatic heterocycles. The highest BCUT2D eigenvalue weighted by Gasteiger charge is 2.34. The third-order valence-electron chi connectivity index (χ3n) is 2.93. The van der Waals surface area contributed by atoms with Gasteiger partial charge in [-0.25, -0.2) is 0 Å². The molecule has 2 aromatic rings. The van der Waals surface area contributed by atoms with Gasteiger partial charge in [-0.1, -0.05) is 42.2 Å². The molecular formula is C18H14F3NO2. The lowest BCUT2D eigenvalue weighted by molar-refractivity contribution is -0.139. The summed E-state index contributed by atoms with van der Waals surface area (Å²) in [7, 11) is 0. The Morgan fingerprint density at radius 3 is 2.42 bits per heavy atom. The van der Waals surface area contributed by atoms with Crippen LogP contribution in [-0.4, -0.2) is 19.1 Å². The first-order valence-corrected chi connectivity index (χ1v) is 7.06. The summed E-state index contributed by atoms with van der Waals surface area (Å²) in [5, 5.41) is 2.46. The van der Waals surface area contributed by atoms with E-state index in [-0.39, 0.29) is 12.3 Å². The molecule has 2 aromatic carbocycles. The number of nitrogens with one attached hydrogen (secondary N) is 1. The van der Waals surface area contributed by atoms with Gasteiger partial charge in [0.25, 0.3) is 5.91 Å². The first-order valence-electron chi connectivity index (χ1n) is 7.06. The molecule has 0 aliphatic rings. The third-order valence-corrected chi connectivity index (χ3v) is 2.93. The normalized spacial score (nSPS) is 10.5. The zero-order chi connectivity index (χ0) is 17.4. The number of carbonyl (C=O) groups is 1. The molecule has 0 saturated carbocycles. The molecular weight excluding hydrogens is 319 g/mol. The van der Waals surface area contributed by atoms with E-state index in [0.29, 0.717) is 0 Å². The van der Waals surface area contributed by atoms with Crippen LogP contribution in [0.3, 0.4) is 0 Å². The summed E-state index contributed by atoms with van der Waals surface area (Å²) in [6.07, 6.45) is -4.53. The summed E-state index contributed by atoms with van der Waals surface area (Å²) < 4.78 is 43.3. The summed E-state index contributed by atoms with van der Waals surface area (Å²) in [6, 6.07) is 13.9. The Bertz CT molecular complexity index is 746. The van der Waals surface area contributed by atoms with E-state index in [9.17, 15) is 18.0 Å². The molecule has 0 heterocycles. The van der Waals surface area contributed by atoms with Gasteiger partial charge in [-0.2, -0.15) is 13.2 Å². The third kappa shape index (κ3) is 5.36. The van der Waals surface area contributed by atoms with Crippen LogP contribution in [-0.2, 0) is 11.0 Å². The molecule has 0 fully saturated rings. The van der Waals surface area contributed by atoms with E-state index in [1.54, 1.807) is 0 Å². The number of rotatable bonds is 4. The average Bonchev–Trinajstić information content (AvgIpc) is 2.57. The second-order valence-electron chi connectivity index (χ2n) is 4.73. The zero-order valence-corrected chi connectivity index (χ0v) is 12.6. The molecule has 1 N–H and O–H groups in total. The maximum Gasteiger partial charge on any atom is 0.419 e. The number of benzene rings is 2. The van der Waals surface area contributed by atoms with Crippen LogP contribution in [0.25, 0.3) is 0 Å². The average molecular weight is 333 g/mol. The molecule has 0 aliphatic carbocycles. The molecule has 0 radical (unpaired) electrons. The van der Waals surface area contributed by atoms with E-state index in [4.69, 9.17) is 4.74 Å². The molecule has 24 heavy (non-hydrogen) atoms. The van der Waals surface area contributed by atoms with Crippen molar-refractivity contribution in [2.24, 2.45) is 0 Å². The molecule has 2 rings (SSSR count). The van der Waals surface area contributed by atoms with Gasteiger partial charge in [0, 0.05) is 5.56 Å². The standard InChI is InChI=1S/C18H14F3NO2/c19-18(20,21)15-10-4-5-11-16(15)24-13-17(23)22-12-6-9-14-7-2-1-3-8-14/h1-5,7-8,10-11H,12-13H2,(H,22,23). The molecule has 6 heteroatoms. The predicted molar refractivity (Wildman–Crippen MR) is 83.3 cm³/mol. The minimum Gasteiger partial charge on any atom is -0.483 e. The maximum absolute atomic E-state index is 12.8. The van der Waals surface area contributed by atoms with Gasteiger partial charge < -0.3 is 10.1 Å². The van der Waals surface area contributed by atoms with Crippen molar-refractivity contribution >= 4 is 5.91 Å². The van der Waals surface area contributed by atoms with Crippen molar-refractivity contribution < 1.29 is 22.7 Å². The van der Waals surface area contributed by atoms with E-state index in [2.05, 4.69) is 17.2 Å². The second kappa shape index (κ2) is 8.06. The number of hydrogen-bond donors (Lipinski definition) is 1. The number of hydrogen-bond acceptors (Lipinski definition) is 2. The van der Waals surface area contributed by atoms with Crippen molar-refractivity contribution in [2.45, 2.75) is 6.18 Å². The number of para-hydroxylation sites is 1. The molecule has 0 atom stereocenters. The van der Waals surface area contributed by atoms with E-state index in [1.807, 2.05) is 30.3 Å². The molecule has 0 spiro atoms. The highest BCUT2D eigenvalue weighted by Crippen LogP contribution is 2.35. The Kier molecular flexibility index (Phi) is 5.85. The summed E-state index contributed by atoms with van der Waals surface area (Å²) in [4.78, 5) is 11.6. The van der Waals surface area contributed by atoms with E-state index < -0.39 is 24.3 Å². The van der Waals surface area contributed by atoms with Crippen molar-refractivity contribution in [3.05, 3.63) is 65.7 Å². The predicted octanol–water partition coefficient (Wildman–Crippen LogP) is 3.25. The lowest BCUT2D eigenvalue weighted by Crippen LogP contribution is -2.29. The van der Waals surface area contributed by atoms with Gasteiger partial charge in [-0.3, -0.25) is 4.79 Å². The highest BCUT2D eigenvalue weighted by molar-refractivity contribution is 5.77. The number of amides is 1. The van der Waals surface area contributed by atoms with Gasteiger partial charge in [-0.05, 0) is 24.3 Å². The van der Waals surface area contributed by atoms with E-state index in [1.165, 1.54) is 18.2 Å². The summed E-state index contributed by atoms with van der Waals surface area (Å²) in [5.74, 6) is 4.67. The molecule has 1 amide bonds. The summed E-state index contributed by atoms with van der Waals surface area (Å²) >= 11 is 0. The van der Waals surface area contributed by atoms with Crippen molar-refractivity contribution in [1.29, 1.82) is 0 Å². The molecule has 0 bridgehead atoms. The van der Waals surface area contributed by atoms with Gasteiger partial charge in [0.2, 0.25) is 0 Å². The smallest absolute Gasteiger partial charge is 0.419 e. The van der Waals surface area contributed by atoms with Crippen LogP contribution in [0.15, 0.2) is 54.6 Å². The SMILES string of the molecule is O=C(COc1ccccc1C(F)(F)F)NCC#Cc1ccccc1. The highest BCUT2D eigenvalue weighted by atomic mass is 19.4. The minimum atomic E-state index is -4.53. The van der Waals surface area contributed by atoms with Gasteiger partial charge in [-0.15, -0.1) is 0 Å².